The molecule has 2 heterocycles. The lowest BCUT2D eigenvalue weighted by atomic mass is 9.98. The van der Waals surface area contributed by atoms with Gasteiger partial charge in [-0.1, -0.05) is 48.0 Å². The van der Waals surface area contributed by atoms with E-state index in [0.29, 0.717) is 27.3 Å². The fourth-order valence-electron chi connectivity index (χ4n) is 3.48. The van der Waals surface area contributed by atoms with Gasteiger partial charge in [0.15, 0.2) is 0 Å². The molecular formula is C24H13ClO4. The topological polar surface area (TPSA) is 60.4 Å². The van der Waals surface area contributed by atoms with E-state index in [0.717, 1.165) is 21.9 Å². The van der Waals surface area contributed by atoms with Crippen molar-refractivity contribution in [3.05, 3.63) is 105 Å². The van der Waals surface area contributed by atoms with Crippen molar-refractivity contribution in [3.63, 3.8) is 0 Å². The van der Waals surface area contributed by atoms with Gasteiger partial charge in [0.1, 0.15) is 11.2 Å². The molecule has 140 valence electrons. The van der Waals surface area contributed by atoms with E-state index in [4.69, 9.17) is 20.4 Å². The number of hydrogen-bond acceptors (Lipinski definition) is 4. The van der Waals surface area contributed by atoms with E-state index in [9.17, 15) is 9.59 Å². The highest BCUT2D eigenvalue weighted by atomic mass is 35.5. The van der Waals surface area contributed by atoms with Gasteiger partial charge in [0.2, 0.25) is 0 Å². The van der Waals surface area contributed by atoms with Gasteiger partial charge in [-0.05, 0) is 53.1 Å². The number of halogens is 1. The molecule has 4 nitrogen and oxygen atoms in total. The molecule has 5 aromatic rings. The fraction of sp³-hybridized carbons (Fsp3) is 0. The summed E-state index contributed by atoms with van der Waals surface area (Å²) in [6, 6.07) is 23.2. The Bertz CT molecular complexity index is 1500. The van der Waals surface area contributed by atoms with Crippen LogP contribution < -0.4 is 11.3 Å². The highest BCUT2D eigenvalue weighted by Crippen LogP contribution is 2.31. The largest absolute Gasteiger partial charge is 0.423 e. The minimum absolute atomic E-state index is 0.409. The predicted octanol–water partition coefficient (Wildman–Crippen LogP) is 5.89. The SMILES string of the molecule is O=c1cc(-c2ccccc2)c2cc(-c3cc4cc(Cl)ccc4oc3=O)ccc2o1. The third-order valence-corrected chi connectivity index (χ3v) is 5.07. The maximum absolute atomic E-state index is 12.6. The van der Waals surface area contributed by atoms with Gasteiger partial charge in [0, 0.05) is 21.9 Å². The average Bonchev–Trinajstić information content (AvgIpc) is 2.73. The van der Waals surface area contributed by atoms with E-state index in [1.165, 1.54) is 6.07 Å². The first-order valence-corrected chi connectivity index (χ1v) is 9.33. The second-order valence-electron chi connectivity index (χ2n) is 6.69. The van der Waals surface area contributed by atoms with Crippen LogP contribution in [-0.2, 0) is 0 Å². The van der Waals surface area contributed by atoms with Crippen LogP contribution in [0, 0.1) is 0 Å². The van der Waals surface area contributed by atoms with E-state index in [-0.39, 0.29) is 0 Å². The Balaban J connectivity index is 1.78. The van der Waals surface area contributed by atoms with Crippen LogP contribution in [0.5, 0.6) is 0 Å². The third kappa shape index (κ3) is 3.13. The molecule has 0 N–H and O–H groups in total. The molecule has 3 aromatic carbocycles. The van der Waals surface area contributed by atoms with Gasteiger partial charge in [0.25, 0.3) is 0 Å². The van der Waals surface area contributed by atoms with Gasteiger partial charge in [-0.3, -0.25) is 0 Å². The Labute approximate surface area is 169 Å². The van der Waals surface area contributed by atoms with Crippen molar-refractivity contribution in [2.45, 2.75) is 0 Å². The van der Waals surface area contributed by atoms with E-state index >= 15 is 0 Å². The molecule has 0 bridgehead atoms. The quantitative estimate of drug-likeness (QED) is 0.347. The Morgan fingerprint density at radius 2 is 1.45 bits per heavy atom. The Kier molecular flexibility index (Phi) is 4.07. The lowest BCUT2D eigenvalue weighted by molar-refractivity contribution is 0.561. The van der Waals surface area contributed by atoms with Crippen LogP contribution in [-0.4, -0.2) is 0 Å². The zero-order valence-electron chi connectivity index (χ0n) is 15.0. The minimum atomic E-state index is -0.446. The number of fused-ring (bicyclic) bond motifs is 2. The molecule has 0 spiro atoms. The molecule has 2 aromatic heterocycles. The second kappa shape index (κ2) is 6.76. The summed E-state index contributed by atoms with van der Waals surface area (Å²) < 4.78 is 10.8. The van der Waals surface area contributed by atoms with Crippen LogP contribution in [0.15, 0.2) is 97.3 Å². The Hall–Kier alpha value is -3.63. The number of hydrogen-bond donors (Lipinski definition) is 0. The normalized spacial score (nSPS) is 11.2. The molecule has 0 unspecified atom stereocenters. The van der Waals surface area contributed by atoms with Crippen LogP contribution in [0.1, 0.15) is 0 Å². The van der Waals surface area contributed by atoms with Crippen molar-refractivity contribution in [1.82, 2.24) is 0 Å². The monoisotopic (exact) mass is 400 g/mol. The molecule has 0 aliphatic heterocycles. The van der Waals surface area contributed by atoms with Crippen LogP contribution in [0.4, 0.5) is 0 Å². The van der Waals surface area contributed by atoms with E-state index < -0.39 is 11.3 Å². The molecule has 0 aliphatic carbocycles. The first kappa shape index (κ1) is 17.5. The summed E-state index contributed by atoms with van der Waals surface area (Å²) in [4.78, 5) is 24.6. The molecule has 5 heteroatoms. The Morgan fingerprint density at radius 3 is 2.28 bits per heavy atom. The summed E-state index contributed by atoms with van der Waals surface area (Å²) >= 11 is 6.08. The van der Waals surface area contributed by atoms with Crippen LogP contribution >= 0.6 is 11.6 Å². The molecule has 0 amide bonds. The zero-order valence-corrected chi connectivity index (χ0v) is 15.8. The summed E-state index contributed by atoms with van der Waals surface area (Å²) in [5, 5.41) is 2.03. The molecule has 0 aliphatic rings. The smallest absolute Gasteiger partial charge is 0.344 e. The predicted molar refractivity (Wildman–Crippen MR) is 114 cm³/mol. The van der Waals surface area contributed by atoms with Gasteiger partial charge >= 0.3 is 11.3 Å². The van der Waals surface area contributed by atoms with E-state index in [2.05, 4.69) is 0 Å². The van der Waals surface area contributed by atoms with Gasteiger partial charge in [-0.25, -0.2) is 9.59 Å². The second-order valence-corrected chi connectivity index (χ2v) is 7.12. The summed E-state index contributed by atoms with van der Waals surface area (Å²) in [5.74, 6) is 0. The maximum atomic E-state index is 12.6. The van der Waals surface area contributed by atoms with Gasteiger partial charge < -0.3 is 8.83 Å². The molecule has 0 atom stereocenters. The molecular weight excluding hydrogens is 388 g/mol. The maximum Gasteiger partial charge on any atom is 0.344 e. The zero-order chi connectivity index (χ0) is 20.0. The van der Waals surface area contributed by atoms with Crippen molar-refractivity contribution in [3.8, 4) is 22.3 Å². The lowest BCUT2D eigenvalue weighted by Gasteiger charge is -2.08. The highest BCUT2D eigenvalue weighted by Gasteiger charge is 2.13. The number of benzene rings is 3. The van der Waals surface area contributed by atoms with Gasteiger partial charge in [-0.2, -0.15) is 0 Å². The summed E-state index contributed by atoms with van der Waals surface area (Å²) in [5.41, 5.74) is 2.76. The van der Waals surface area contributed by atoms with Crippen molar-refractivity contribution in [2.75, 3.05) is 0 Å². The van der Waals surface area contributed by atoms with E-state index in [1.54, 1.807) is 36.4 Å². The van der Waals surface area contributed by atoms with Crippen molar-refractivity contribution >= 4 is 33.5 Å². The van der Waals surface area contributed by atoms with E-state index in [1.807, 2.05) is 36.4 Å². The summed E-state index contributed by atoms with van der Waals surface area (Å²) in [7, 11) is 0. The Morgan fingerprint density at radius 1 is 0.655 bits per heavy atom. The molecule has 0 fully saturated rings. The van der Waals surface area contributed by atoms with Crippen LogP contribution in [0.2, 0.25) is 5.02 Å². The summed E-state index contributed by atoms with van der Waals surface area (Å²) in [6.45, 7) is 0. The van der Waals surface area contributed by atoms with Crippen LogP contribution in [0.25, 0.3) is 44.2 Å². The van der Waals surface area contributed by atoms with Crippen molar-refractivity contribution < 1.29 is 8.83 Å². The highest BCUT2D eigenvalue weighted by molar-refractivity contribution is 6.31. The average molecular weight is 401 g/mol. The third-order valence-electron chi connectivity index (χ3n) is 4.83. The molecule has 0 radical (unpaired) electrons. The first-order valence-electron chi connectivity index (χ1n) is 8.96. The van der Waals surface area contributed by atoms with Crippen molar-refractivity contribution in [2.24, 2.45) is 0 Å². The van der Waals surface area contributed by atoms with Gasteiger partial charge in [-0.15, -0.1) is 0 Å². The first-order chi connectivity index (χ1) is 14.1. The minimum Gasteiger partial charge on any atom is -0.423 e. The molecule has 5 rings (SSSR count). The summed E-state index contributed by atoms with van der Waals surface area (Å²) in [6.07, 6.45) is 0. The molecule has 29 heavy (non-hydrogen) atoms. The number of rotatable bonds is 2. The molecule has 0 saturated carbocycles. The van der Waals surface area contributed by atoms with Crippen molar-refractivity contribution in [1.29, 1.82) is 0 Å². The molecule has 0 saturated heterocycles. The standard InChI is InChI=1S/C24H13ClO4/c25-17-7-9-21-16(10-17)12-19(24(27)29-21)15-6-8-22-20(11-15)18(13-23(26)28-22)14-4-2-1-3-5-14/h1-13H. The van der Waals surface area contributed by atoms with Crippen LogP contribution in [0.3, 0.4) is 0 Å². The van der Waals surface area contributed by atoms with Gasteiger partial charge in [0.05, 0.1) is 5.56 Å². The lowest BCUT2D eigenvalue weighted by Crippen LogP contribution is -2.03. The fourth-order valence-corrected chi connectivity index (χ4v) is 3.66.